The lowest BCUT2D eigenvalue weighted by Crippen LogP contribution is -2.40. The van der Waals surface area contributed by atoms with E-state index < -0.39 is 6.04 Å². The van der Waals surface area contributed by atoms with Gasteiger partial charge in [-0.3, -0.25) is 19.0 Å². The van der Waals surface area contributed by atoms with Gasteiger partial charge >= 0.3 is 0 Å². The number of aromatic nitrogens is 2. The van der Waals surface area contributed by atoms with Gasteiger partial charge in [-0.05, 0) is 56.2 Å². The van der Waals surface area contributed by atoms with Gasteiger partial charge in [0.2, 0.25) is 5.91 Å². The van der Waals surface area contributed by atoms with E-state index in [1.807, 2.05) is 70.3 Å². The lowest BCUT2D eigenvalue weighted by Gasteiger charge is -2.26. The Kier molecular flexibility index (Phi) is 8.45. The Bertz CT molecular complexity index is 2260. The normalized spacial score (nSPS) is 16.2. The van der Waals surface area contributed by atoms with Crippen molar-refractivity contribution in [3.05, 3.63) is 121 Å². The van der Waals surface area contributed by atoms with Gasteiger partial charge in [-0.25, -0.2) is 4.99 Å². The summed E-state index contributed by atoms with van der Waals surface area (Å²) in [5, 5.41) is 3.92. The number of likely N-dealkylation sites (tertiary alicyclic amines) is 1. The molecular formula is C37H35N5O5S. The summed E-state index contributed by atoms with van der Waals surface area (Å²) in [5.41, 5.74) is 3.52. The van der Waals surface area contributed by atoms with Crippen LogP contribution in [0.1, 0.15) is 36.9 Å². The second-order valence-corrected chi connectivity index (χ2v) is 12.8. The van der Waals surface area contributed by atoms with Gasteiger partial charge in [-0.1, -0.05) is 47.7 Å². The molecule has 2 aromatic heterocycles. The van der Waals surface area contributed by atoms with E-state index in [0.29, 0.717) is 43.4 Å². The monoisotopic (exact) mass is 661 g/mol. The lowest BCUT2D eigenvalue weighted by molar-refractivity contribution is -0.130. The minimum Gasteiger partial charge on any atom is -0.497 e. The molecule has 0 radical (unpaired) electrons. The Labute approximate surface area is 280 Å². The summed E-state index contributed by atoms with van der Waals surface area (Å²) in [5.74, 6) is 0.771. The van der Waals surface area contributed by atoms with Crippen LogP contribution in [0.5, 0.6) is 11.5 Å². The highest BCUT2D eigenvalue weighted by atomic mass is 32.1. The number of carbonyl (C=O) groups excluding carboxylic acids is 2. The molecule has 10 nitrogen and oxygen atoms in total. The molecule has 11 heteroatoms. The smallest absolute Gasteiger partial charge is 0.271 e. The Morgan fingerprint density at radius 1 is 1.00 bits per heavy atom. The lowest BCUT2D eigenvalue weighted by atomic mass is 9.94. The quantitative estimate of drug-likeness (QED) is 0.264. The van der Waals surface area contributed by atoms with Crippen LogP contribution in [0.3, 0.4) is 0 Å². The number of ether oxygens (including phenoxy) is 2. The van der Waals surface area contributed by atoms with Gasteiger partial charge in [0, 0.05) is 53.1 Å². The molecule has 3 aromatic carbocycles. The number of thiazole rings is 1. The number of benzene rings is 3. The van der Waals surface area contributed by atoms with E-state index >= 15 is 0 Å². The van der Waals surface area contributed by atoms with Crippen LogP contribution in [-0.4, -0.2) is 53.2 Å². The van der Waals surface area contributed by atoms with Crippen molar-refractivity contribution in [2.24, 2.45) is 4.99 Å². The zero-order chi connectivity index (χ0) is 33.4. The molecule has 1 fully saturated rings. The number of hydrogen-bond donors (Lipinski definition) is 1. The molecule has 2 aliphatic rings. The molecule has 1 saturated heterocycles. The first-order valence-electron chi connectivity index (χ1n) is 15.8. The summed E-state index contributed by atoms with van der Waals surface area (Å²) in [4.78, 5) is 48.7. The summed E-state index contributed by atoms with van der Waals surface area (Å²) in [6, 6.07) is 21.6. The van der Waals surface area contributed by atoms with Crippen molar-refractivity contribution < 1.29 is 19.1 Å². The van der Waals surface area contributed by atoms with Gasteiger partial charge < -0.3 is 24.3 Å². The van der Waals surface area contributed by atoms with Crippen molar-refractivity contribution in [2.75, 3.05) is 32.6 Å². The number of rotatable bonds is 8. The zero-order valence-electron chi connectivity index (χ0n) is 26.9. The minimum atomic E-state index is -0.826. The number of nitrogens with zero attached hydrogens (tertiary/aromatic N) is 4. The van der Waals surface area contributed by atoms with Crippen LogP contribution in [0.4, 0.5) is 5.69 Å². The Balaban J connectivity index is 1.36. The van der Waals surface area contributed by atoms with Crippen LogP contribution >= 0.6 is 11.3 Å². The minimum absolute atomic E-state index is 0.0874. The molecule has 1 atom stereocenters. The Morgan fingerprint density at radius 2 is 1.75 bits per heavy atom. The van der Waals surface area contributed by atoms with E-state index in [9.17, 15) is 14.4 Å². The number of amides is 2. The predicted octanol–water partition coefficient (Wildman–Crippen LogP) is 4.47. The van der Waals surface area contributed by atoms with E-state index in [-0.39, 0.29) is 23.9 Å². The molecule has 244 valence electrons. The number of methoxy groups -OCH3 is 2. The topological polar surface area (TPSA) is 107 Å². The molecular weight excluding hydrogens is 627 g/mol. The molecule has 0 unspecified atom stereocenters. The van der Waals surface area contributed by atoms with Gasteiger partial charge in [-0.15, -0.1) is 0 Å². The van der Waals surface area contributed by atoms with Crippen molar-refractivity contribution in [2.45, 2.75) is 32.4 Å². The Morgan fingerprint density at radius 3 is 2.50 bits per heavy atom. The standard InChI is InChI=1S/C37H35N5O5S/c1-23-33(35(44)39-25-11-5-4-6-12-25)34(28-16-15-26(46-2)20-30(28)47-3)42-36(45)31(48-37(42)38-23)19-24-21-41(29-14-8-7-13-27(24)29)22-32(43)40-17-9-10-18-40/h4-8,11-16,19-21,34H,9-10,17-18,22H2,1-3H3,(H,39,44)/b31-19+/t34-/m1/s1. The number of para-hydroxylation sites is 2. The number of carbonyl (C=O) groups is 2. The van der Waals surface area contributed by atoms with E-state index in [1.54, 1.807) is 50.0 Å². The van der Waals surface area contributed by atoms with Crippen LogP contribution in [0.15, 0.2) is 100 Å². The number of allylic oxidation sites excluding steroid dienone is 1. The van der Waals surface area contributed by atoms with E-state index in [4.69, 9.17) is 14.5 Å². The second kappa shape index (κ2) is 13.0. The molecule has 0 saturated carbocycles. The average molecular weight is 662 g/mol. The molecule has 0 spiro atoms. The third kappa shape index (κ3) is 5.70. The maximum absolute atomic E-state index is 14.4. The highest BCUT2D eigenvalue weighted by Crippen LogP contribution is 2.37. The van der Waals surface area contributed by atoms with Gasteiger partial charge in [0.25, 0.3) is 11.5 Å². The van der Waals surface area contributed by atoms with Crippen LogP contribution in [0.2, 0.25) is 0 Å². The first-order chi connectivity index (χ1) is 23.4. The second-order valence-electron chi connectivity index (χ2n) is 11.8. The zero-order valence-corrected chi connectivity index (χ0v) is 27.8. The van der Waals surface area contributed by atoms with E-state index in [0.717, 1.165) is 42.4 Å². The first-order valence-corrected chi connectivity index (χ1v) is 16.6. The van der Waals surface area contributed by atoms with Crippen molar-refractivity contribution in [1.82, 2.24) is 14.0 Å². The summed E-state index contributed by atoms with van der Waals surface area (Å²) in [6.07, 6.45) is 5.85. The van der Waals surface area contributed by atoms with E-state index in [2.05, 4.69) is 5.32 Å². The molecule has 7 rings (SSSR count). The van der Waals surface area contributed by atoms with Gasteiger partial charge in [0.05, 0.1) is 30.0 Å². The summed E-state index contributed by atoms with van der Waals surface area (Å²) >= 11 is 1.26. The molecule has 2 amide bonds. The fraction of sp³-hybridized carbons (Fsp3) is 0.243. The molecule has 1 N–H and O–H groups in total. The fourth-order valence-electron chi connectivity index (χ4n) is 6.54. The number of nitrogens with one attached hydrogen (secondary N) is 1. The van der Waals surface area contributed by atoms with Crippen LogP contribution in [-0.2, 0) is 16.1 Å². The third-order valence-corrected chi connectivity index (χ3v) is 9.89. The molecule has 5 aromatic rings. The maximum Gasteiger partial charge on any atom is 0.271 e. The third-order valence-electron chi connectivity index (χ3n) is 8.90. The summed E-state index contributed by atoms with van der Waals surface area (Å²) < 4.78 is 15.2. The largest absolute Gasteiger partial charge is 0.497 e. The average Bonchev–Trinajstić information content (AvgIpc) is 3.83. The van der Waals surface area contributed by atoms with Gasteiger partial charge in [-0.2, -0.15) is 0 Å². The summed E-state index contributed by atoms with van der Waals surface area (Å²) in [6.45, 7) is 3.59. The SMILES string of the molecule is COc1ccc([C@@H]2C(C(=O)Nc3ccccc3)=C(C)N=c3s/c(=C/c4cn(CC(=O)N5CCCC5)c5ccccc45)c(=O)n32)c(OC)c1. The molecule has 4 heterocycles. The van der Waals surface area contributed by atoms with Crippen LogP contribution in [0, 0.1) is 0 Å². The molecule has 0 aliphatic carbocycles. The van der Waals surface area contributed by atoms with Gasteiger partial charge in [0.1, 0.15) is 24.1 Å². The van der Waals surface area contributed by atoms with Crippen LogP contribution in [0.25, 0.3) is 17.0 Å². The molecule has 48 heavy (non-hydrogen) atoms. The predicted molar refractivity (Wildman–Crippen MR) is 186 cm³/mol. The van der Waals surface area contributed by atoms with Crippen molar-refractivity contribution in [3.8, 4) is 11.5 Å². The number of fused-ring (bicyclic) bond motifs is 2. The van der Waals surface area contributed by atoms with E-state index in [1.165, 1.54) is 11.3 Å². The van der Waals surface area contributed by atoms with Crippen molar-refractivity contribution in [1.29, 1.82) is 0 Å². The van der Waals surface area contributed by atoms with Crippen LogP contribution < -0.4 is 29.7 Å². The number of anilines is 1. The van der Waals surface area contributed by atoms with Crippen molar-refractivity contribution in [3.63, 3.8) is 0 Å². The highest BCUT2D eigenvalue weighted by Gasteiger charge is 2.34. The Hall–Kier alpha value is -5.42. The molecule has 2 aliphatic heterocycles. The summed E-state index contributed by atoms with van der Waals surface area (Å²) in [7, 11) is 3.12. The number of hydrogen-bond acceptors (Lipinski definition) is 7. The fourth-order valence-corrected chi connectivity index (χ4v) is 7.58. The maximum atomic E-state index is 14.4. The first kappa shape index (κ1) is 31.2. The van der Waals surface area contributed by atoms with Gasteiger partial charge in [0.15, 0.2) is 4.80 Å². The van der Waals surface area contributed by atoms with Crippen molar-refractivity contribution >= 4 is 45.8 Å². The highest BCUT2D eigenvalue weighted by molar-refractivity contribution is 7.07. The molecule has 0 bridgehead atoms.